The molecule has 0 aliphatic carbocycles. The molecule has 0 radical (unpaired) electrons. The van der Waals surface area contributed by atoms with Crippen LogP contribution in [-0.4, -0.2) is 43.5 Å². The predicted octanol–water partition coefficient (Wildman–Crippen LogP) is 4.28. The molecule has 1 aliphatic heterocycles. The van der Waals surface area contributed by atoms with Crippen molar-refractivity contribution in [2.24, 2.45) is 0 Å². The molecule has 2 aromatic rings. The zero-order valence-electron chi connectivity index (χ0n) is 14.2. The van der Waals surface area contributed by atoms with Crippen LogP contribution in [0.3, 0.4) is 0 Å². The number of rotatable bonds is 5. The van der Waals surface area contributed by atoms with Gasteiger partial charge < -0.3 is 10.2 Å². The molecule has 4 nitrogen and oxygen atoms in total. The maximum absolute atomic E-state index is 13.9. The molecule has 0 aromatic heterocycles. The summed E-state index contributed by atoms with van der Waals surface area (Å²) in [5.41, 5.74) is 1.09. The van der Waals surface area contributed by atoms with Crippen molar-refractivity contribution in [2.75, 3.05) is 42.9 Å². The number of amides is 1. The number of carbonyl (C=O) groups excluding carboxylic acids is 1. The SMILES string of the molecule is O=C(CCN1CCN(c2ccccc2F)CC1)Nc1c(Cl)cccc1Cl. The van der Waals surface area contributed by atoms with Gasteiger partial charge in [0.2, 0.25) is 5.91 Å². The second kappa shape index (κ2) is 8.71. The molecule has 1 saturated heterocycles. The second-order valence-electron chi connectivity index (χ2n) is 6.17. The molecule has 7 heteroatoms. The zero-order valence-corrected chi connectivity index (χ0v) is 15.7. The van der Waals surface area contributed by atoms with Crippen molar-refractivity contribution in [3.8, 4) is 0 Å². The van der Waals surface area contributed by atoms with Gasteiger partial charge in [-0.2, -0.15) is 0 Å². The van der Waals surface area contributed by atoms with E-state index >= 15 is 0 Å². The minimum atomic E-state index is -0.197. The number of carbonyl (C=O) groups is 1. The lowest BCUT2D eigenvalue weighted by Crippen LogP contribution is -2.47. The van der Waals surface area contributed by atoms with Crippen LogP contribution >= 0.6 is 23.2 Å². The third-order valence-corrected chi connectivity index (χ3v) is 5.08. The summed E-state index contributed by atoms with van der Waals surface area (Å²) in [4.78, 5) is 16.4. The van der Waals surface area contributed by atoms with Crippen LogP contribution in [0.25, 0.3) is 0 Å². The quantitative estimate of drug-likeness (QED) is 0.820. The Morgan fingerprint density at radius 3 is 2.31 bits per heavy atom. The summed E-state index contributed by atoms with van der Waals surface area (Å²) in [6.07, 6.45) is 0.348. The number of piperazine rings is 1. The van der Waals surface area contributed by atoms with Gasteiger partial charge in [-0.1, -0.05) is 41.4 Å². The van der Waals surface area contributed by atoms with E-state index in [1.54, 1.807) is 30.3 Å². The van der Waals surface area contributed by atoms with Gasteiger partial charge in [0.1, 0.15) is 5.82 Å². The molecule has 0 atom stereocenters. The average Bonchev–Trinajstić information content (AvgIpc) is 2.64. The van der Waals surface area contributed by atoms with Crippen LogP contribution in [0.2, 0.25) is 10.0 Å². The van der Waals surface area contributed by atoms with E-state index in [1.807, 2.05) is 11.0 Å². The molecule has 1 fully saturated rings. The van der Waals surface area contributed by atoms with Crippen molar-refractivity contribution in [2.45, 2.75) is 6.42 Å². The van der Waals surface area contributed by atoms with Crippen molar-refractivity contribution in [3.63, 3.8) is 0 Å². The topological polar surface area (TPSA) is 35.6 Å². The maximum atomic E-state index is 13.9. The first-order valence-electron chi connectivity index (χ1n) is 8.50. The molecule has 0 bridgehead atoms. The van der Waals surface area contributed by atoms with E-state index in [9.17, 15) is 9.18 Å². The van der Waals surface area contributed by atoms with Gasteiger partial charge in [-0.3, -0.25) is 9.69 Å². The number of hydrogen-bond donors (Lipinski definition) is 1. The molecule has 2 aromatic carbocycles. The first-order chi connectivity index (χ1) is 12.5. The highest BCUT2D eigenvalue weighted by atomic mass is 35.5. The molecule has 0 spiro atoms. The molecular weight excluding hydrogens is 376 g/mol. The lowest BCUT2D eigenvalue weighted by molar-refractivity contribution is -0.116. The van der Waals surface area contributed by atoms with Crippen LogP contribution in [0.4, 0.5) is 15.8 Å². The van der Waals surface area contributed by atoms with Crippen molar-refractivity contribution in [3.05, 3.63) is 58.3 Å². The van der Waals surface area contributed by atoms with Gasteiger partial charge in [0.15, 0.2) is 0 Å². The van der Waals surface area contributed by atoms with Crippen LogP contribution in [-0.2, 0) is 4.79 Å². The van der Waals surface area contributed by atoms with Gasteiger partial charge in [0.05, 0.1) is 21.4 Å². The summed E-state index contributed by atoms with van der Waals surface area (Å²) in [6.45, 7) is 3.68. The molecule has 3 rings (SSSR count). The Kier molecular flexibility index (Phi) is 6.35. The van der Waals surface area contributed by atoms with E-state index < -0.39 is 0 Å². The minimum Gasteiger partial charge on any atom is -0.367 e. The van der Waals surface area contributed by atoms with E-state index in [4.69, 9.17) is 23.2 Å². The van der Waals surface area contributed by atoms with Crippen molar-refractivity contribution < 1.29 is 9.18 Å². The number of benzene rings is 2. The Bertz CT molecular complexity index is 759. The Morgan fingerprint density at radius 1 is 1.00 bits per heavy atom. The zero-order chi connectivity index (χ0) is 18.5. The van der Waals surface area contributed by atoms with Crippen LogP contribution in [0.1, 0.15) is 6.42 Å². The summed E-state index contributed by atoms with van der Waals surface area (Å²) >= 11 is 12.1. The molecule has 1 amide bonds. The highest BCUT2D eigenvalue weighted by Gasteiger charge is 2.20. The van der Waals surface area contributed by atoms with Crippen molar-refractivity contribution >= 4 is 40.5 Å². The van der Waals surface area contributed by atoms with Crippen LogP contribution in [0, 0.1) is 5.82 Å². The second-order valence-corrected chi connectivity index (χ2v) is 6.99. The smallest absolute Gasteiger partial charge is 0.225 e. The lowest BCUT2D eigenvalue weighted by Gasteiger charge is -2.36. The van der Waals surface area contributed by atoms with E-state index in [2.05, 4.69) is 10.2 Å². The first-order valence-corrected chi connectivity index (χ1v) is 9.26. The van der Waals surface area contributed by atoms with E-state index in [1.165, 1.54) is 6.07 Å². The average molecular weight is 396 g/mol. The van der Waals surface area contributed by atoms with Crippen LogP contribution < -0.4 is 10.2 Å². The number of anilines is 2. The minimum absolute atomic E-state index is 0.128. The van der Waals surface area contributed by atoms with E-state index in [0.717, 1.165) is 26.2 Å². The summed E-state index contributed by atoms with van der Waals surface area (Å²) in [5.74, 6) is -0.325. The van der Waals surface area contributed by atoms with Gasteiger partial charge in [-0.25, -0.2) is 4.39 Å². The van der Waals surface area contributed by atoms with Gasteiger partial charge in [-0.05, 0) is 24.3 Å². The normalized spacial score (nSPS) is 15.1. The highest BCUT2D eigenvalue weighted by Crippen LogP contribution is 2.29. The molecule has 1 aliphatic rings. The fraction of sp³-hybridized carbons (Fsp3) is 0.316. The largest absolute Gasteiger partial charge is 0.367 e. The number of hydrogen-bond acceptors (Lipinski definition) is 3. The van der Waals surface area contributed by atoms with E-state index in [-0.39, 0.29) is 11.7 Å². The molecule has 138 valence electrons. The molecule has 26 heavy (non-hydrogen) atoms. The monoisotopic (exact) mass is 395 g/mol. The Labute approximate surface area is 162 Å². The Hall–Kier alpha value is -1.82. The van der Waals surface area contributed by atoms with Gasteiger partial charge in [-0.15, -0.1) is 0 Å². The molecule has 1 heterocycles. The fourth-order valence-corrected chi connectivity index (χ4v) is 3.49. The third kappa shape index (κ3) is 4.67. The van der Waals surface area contributed by atoms with Gasteiger partial charge in [0, 0.05) is 39.1 Å². The summed E-state index contributed by atoms with van der Waals surface area (Å²) in [5, 5.41) is 3.61. The first kappa shape index (κ1) is 19.0. The van der Waals surface area contributed by atoms with Crippen LogP contribution in [0.5, 0.6) is 0 Å². The number of nitrogens with one attached hydrogen (secondary N) is 1. The number of halogens is 3. The molecule has 0 saturated carbocycles. The highest BCUT2D eigenvalue weighted by molar-refractivity contribution is 6.39. The predicted molar refractivity (Wildman–Crippen MR) is 105 cm³/mol. The van der Waals surface area contributed by atoms with Crippen molar-refractivity contribution in [1.29, 1.82) is 0 Å². The van der Waals surface area contributed by atoms with Crippen LogP contribution in [0.15, 0.2) is 42.5 Å². The number of para-hydroxylation sites is 2. The maximum Gasteiger partial charge on any atom is 0.225 e. The molecular formula is C19H20Cl2FN3O. The molecule has 0 unspecified atom stereocenters. The van der Waals surface area contributed by atoms with Gasteiger partial charge >= 0.3 is 0 Å². The summed E-state index contributed by atoms with van der Waals surface area (Å²) in [7, 11) is 0. The fourth-order valence-electron chi connectivity index (χ4n) is 3.00. The molecule has 1 N–H and O–H groups in total. The lowest BCUT2D eigenvalue weighted by atomic mass is 10.2. The van der Waals surface area contributed by atoms with Crippen molar-refractivity contribution in [1.82, 2.24) is 4.90 Å². The summed E-state index contributed by atoms with van der Waals surface area (Å²) in [6, 6.07) is 11.9. The summed E-state index contributed by atoms with van der Waals surface area (Å²) < 4.78 is 13.9. The number of nitrogens with zero attached hydrogens (tertiary/aromatic N) is 2. The Morgan fingerprint density at radius 2 is 1.65 bits per heavy atom. The standard InChI is InChI=1S/C19H20Cl2FN3O/c20-14-4-3-5-15(21)19(14)23-18(26)8-9-24-10-12-25(13-11-24)17-7-2-1-6-16(17)22/h1-7H,8-13H2,(H,23,26). The van der Waals surface area contributed by atoms with E-state index in [0.29, 0.717) is 34.4 Å². The van der Waals surface area contributed by atoms with Gasteiger partial charge in [0.25, 0.3) is 0 Å². The third-order valence-electron chi connectivity index (χ3n) is 4.45. The Balaban J connectivity index is 1.46.